The Kier molecular flexibility index (Phi) is 5.24. The van der Waals surface area contributed by atoms with Gasteiger partial charge in [0.25, 0.3) is 0 Å². The van der Waals surface area contributed by atoms with Crippen molar-refractivity contribution in [2.75, 3.05) is 5.32 Å². The second-order valence-electron chi connectivity index (χ2n) is 8.45. The number of aliphatic hydroxyl groups is 1. The van der Waals surface area contributed by atoms with Gasteiger partial charge < -0.3 is 10.4 Å². The normalized spacial score (nSPS) is 18.1. The molecule has 2 aliphatic rings. The lowest BCUT2D eigenvalue weighted by Crippen LogP contribution is -2.19. The van der Waals surface area contributed by atoms with E-state index in [0.717, 1.165) is 72.0 Å². The van der Waals surface area contributed by atoms with Crippen molar-refractivity contribution >= 4 is 33.0 Å². The van der Waals surface area contributed by atoms with Crippen LogP contribution in [0.5, 0.6) is 0 Å². The number of hydrogen-bond donors (Lipinski definition) is 3. The zero-order valence-electron chi connectivity index (χ0n) is 17.1. The van der Waals surface area contributed by atoms with Crippen LogP contribution in [0.25, 0.3) is 0 Å². The number of nitrogens with zero attached hydrogens (tertiary/aromatic N) is 2. The number of carbonyl (C=O) groups excluding carboxylic acids is 1. The third-order valence-corrected chi connectivity index (χ3v) is 8.79. The van der Waals surface area contributed by atoms with Gasteiger partial charge in [-0.1, -0.05) is 0 Å². The van der Waals surface area contributed by atoms with Gasteiger partial charge in [0.2, 0.25) is 0 Å². The Hall–Kier alpha value is -1.88. The lowest BCUT2D eigenvalue weighted by atomic mass is 10.0. The molecule has 0 aliphatic heterocycles. The van der Waals surface area contributed by atoms with E-state index in [-0.39, 0.29) is 9.09 Å². The monoisotopic (exact) mass is 452 g/mol. The maximum atomic E-state index is 14.3. The minimum Gasteiger partial charge on any atom is -0.385 e. The van der Waals surface area contributed by atoms with Crippen LogP contribution in [0.4, 0.5) is 14.9 Å². The van der Waals surface area contributed by atoms with Crippen LogP contribution in [0.15, 0.2) is 14.6 Å². The maximum absolute atomic E-state index is 14.3. The Morgan fingerprint density at radius 2 is 2.13 bits per heavy atom. The second-order valence-corrected chi connectivity index (χ2v) is 11.5. The number of aryl methyl sites for hydroxylation is 1. The Labute approximate surface area is 179 Å². The number of nitrogens with two attached hydrogens (primary N) is 1. The van der Waals surface area contributed by atoms with E-state index in [4.69, 9.17) is 10.1 Å². The van der Waals surface area contributed by atoms with Gasteiger partial charge in [-0.2, -0.15) is 0 Å². The van der Waals surface area contributed by atoms with Crippen LogP contribution in [0.1, 0.15) is 66.4 Å². The molecule has 2 aromatic heterocycles. The number of anilines is 1. The van der Waals surface area contributed by atoms with Crippen molar-refractivity contribution in [1.82, 2.24) is 4.98 Å². The minimum absolute atomic E-state index is 0.251. The molecule has 10 heteroatoms. The summed E-state index contributed by atoms with van der Waals surface area (Å²) in [7, 11) is -3.81. The van der Waals surface area contributed by atoms with Gasteiger partial charge in [-0.15, -0.1) is 15.7 Å². The molecule has 2 aromatic rings. The van der Waals surface area contributed by atoms with Gasteiger partial charge in [0.15, 0.2) is 19.9 Å². The highest BCUT2D eigenvalue weighted by Crippen LogP contribution is 2.44. The number of nitrogens with one attached hydrogen (secondary N) is 1. The van der Waals surface area contributed by atoms with Crippen LogP contribution in [-0.2, 0) is 28.4 Å². The first-order valence-corrected chi connectivity index (χ1v) is 12.3. The van der Waals surface area contributed by atoms with Gasteiger partial charge in [0, 0.05) is 22.2 Å². The van der Waals surface area contributed by atoms with Crippen molar-refractivity contribution in [3.8, 4) is 0 Å². The van der Waals surface area contributed by atoms with E-state index in [1.54, 1.807) is 0 Å². The van der Waals surface area contributed by atoms with Gasteiger partial charge in [-0.05, 0) is 70.1 Å². The SMILES string of the molecule is Cc1c(C2CC2)nc2c(c1NC(=O)N=[S@](N)(=O)c1sc(C(C)(C)O)cc1F)CCC2. The van der Waals surface area contributed by atoms with Crippen LogP contribution in [-0.4, -0.2) is 20.3 Å². The summed E-state index contributed by atoms with van der Waals surface area (Å²) in [5.74, 6) is -0.430. The fourth-order valence-corrected chi connectivity index (χ4v) is 6.12. The van der Waals surface area contributed by atoms with E-state index in [1.807, 2.05) is 6.92 Å². The molecule has 0 radical (unpaired) electrons. The van der Waals surface area contributed by atoms with Gasteiger partial charge >= 0.3 is 6.03 Å². The van der Waals surface area contributed by atoms with Crippen molar-refractivity contribution in [1.29, 1.82) is 0 Å². The molecule has 0 spiro atoms. The summed E-state index contributed by atoms with van der Waals surface area (Å²) in [4.78, 5) is 17.7. The summed E-state index contributed by atoms with van der Waals surface area (Å²) >= 11 is 0.750. The lowest BCUT2D eigenvalue weighted by molar-refractivity contribution is 0.0823. The third-order valence-electron chi connectivity index (χ3n) is 5.44. The predicted molar refractivity (Wildman–Crippen MR) is 115 cm³/mol. The zero-order chi connectivity index (χ0) is 21.8. The molecule has 1 atom stereocenters. The summed E-state index contributed by atoms with van der Waals surface area (Å²) in [6.45, 7) is 4.88. The molecule has 7 nitrogen and oxygen atoms in total. The first-order valence-electron chi connectivity index (χ1n) is 9.87. The number of fused-ring (bicyclic) bond motifs is 1. The molecule has 2 heterocycles. The van der Waals surface area contributed by atoms with Crippen LogP contribution < -0.4 is 10.5 Å². The van der Waals surface area contributed by atoms with Crippen molar-refractivity contribution in [3.05, 3.63) is 39.3 Å². The number of urea groups is 1. The number of carbonyl (C=O) groups is 1. The maximum Gasteiger partial charge on any atom is 0.354 e. The van der Waals surface area contributed by atoms with Crippen molar-refractivity contribution in [2.45, 2.75) is 68.6 Å². The molecule has 4 rings (SSSR count). The highest BCUT2D eigenvalue weighted by atomic mass is 32.2. The number of hydrogen-bond acceptors (Lipinski definition) is 5. The van der Waals surface area contributed by atoms with E-state index in [2.05, 4.69) is 9.68 Å². The number of amides is 2. The van der Waals surface area contributed by atoms with Gasteiger partial charge in [0.1, 0.15) is 0 Å². The fraction of sp³-hybridized carbons (Fsp3) is 0.500. The molecule has 0 saturated heterocycles. The average Bonchev–Trinajstić information content (AvgIpc) is 3.20. The number of aromatic nitrogens is 1. The van der Waals surface area contributed by atoms with Crippen molar-refractivity contribution in [2.24, 2.45) is 9.50 Å². The van der Waals surface area contributed by atoms with Crippen LogP contribution >= 0.6 is 11.3 Å². The minimum atomic E-state index is -3.81. The van der Waals surface area contributed by atoms with Crippen molar-refractivity contribution < 1.29 is 18.5 Å². The first kappa shape index (κ1) is 21.4. The predicted octanol–water partition coefficient (Wildman–Crippen LogP) is 4.12. The standard InChI is InChI=1S/C20H25FN4O3S2/c1-10-16(11-7-8-11)23-14-6-4-5-12(14)17(10)24-19(26)25-30(22,28)18-13(21)9-15(29-18)20(2,3)27/h9,11,27H,4-8H2,1-3H3,(H3,22,23,24,25,26,28)/t30-/m0/s1. The second kappa shape index (κ2) is 7.37. The Morgan fingerprint density at radius 1 is 1.43 bits per heavy atom. The van der Waals surface area contributed by atoms with E-state index in [9.17, 15) is 18.5 Å². The smallest absolute Gasteiger partial charge is 0.354 e. The molecule has 0 bridgehead atoms. The Bertz CT molecular complexity index is 1160. The summed E-state index contributed by atoms with van der Waals surface area (Å²) in [5.41, 5.74) is 3.21. The van der Waals surface area contributed by atoms with Gasteiger partial charge in [-0.3, -0.25) is 4.98 Å². The van der Waals surface area contributed by atoms with Gasteiger partial charge in [0.05, 0.1) is 11.3 Å². The molecule has 162 valence electrons. The molecule has 1 fully saturated rings. The molecule has 1 saturated carbocycles. The molecule has 0 unspecified atom stereocenters. The molecule has 4 N–H and O–H groups in total. The zero-order valence-corrected chi connectivity index (χ0v) is 18.8. The number of thiophene rings is 1. The van der Waals surface area contributed by atoms with Crippen LogP contribution in [0, 0.1) is 12.7 Å². The highest BCUT2D eigenvalue weighted by Gasteiger charge is 2.31. The lowest BCUT2D eigenvalue weighted by Gasteiger charge is -2.16. The van der Waals surface area contributed by atoms with E-state index in [1.165, 1.54) is 13.8 Å². The molecule has 0 aromatic carbocycles. The van der Waals surface area contributed by atoms with Crippen molar-refractivity contribution in [3.63, 3.8) is 0 Å². The van der Waals surface area contributed by atoms with Gasteiger partial charge in [-0.25, -0.2) is 18.5 Å². The fourth-order valence-electron chi connectivity index (χ4n) is 3.77. The van der Waals surface area contributed by atoms with Crippen LogP contribution in [0.3, 0.4) is 0 Å². The van der Waals surface area contributed by atoms with E-state index in [0.29, 0.717) is 11.6 Å². The molecule has 30 heavy (non-hydrogen) atoms. The third kappa shape index (κ3) is 4.01. The summed E-state index contributed by atoms with van der Waals surface area (Å²) in [6, 6.07) is 0.187. The molecular weight excluding hydrogens is 427 g/mol. The summed E-state index contributed by atoms with van der Waals surface area (Å²) < 4.78 is 30.5. The summed E-state index contributed by atoms with van der Waals surface area (Å²) in [6.07, 6.45) is 4.80. The largest absolute Gasteiger partial charge is 0.385 e. The van der Waals surface area contributed by atoms with Crippen LogP contribution in [0.2, 0.25) is 0 Å². The number of halogens is 1. The first-order chi connectivity index (χ1) is 14.0. The number of rotatable bonds is 4. The highest BCUT2D eigenvalue weighted by molar-refractivity contribution is 7.93. The summed E-state index contributed by atoms with van der Waals surface area (Å²) in [5, 5.41) is 18.6. The topological polar surface area (TPSA) is 118 Å². The Balaban J connectivity index is 1.68. The molecule has 2 amide bonds. The quantitative estimate of drug-likeness (QED) is 0.647. The van der Waals surface area contributed by atoms with E-state index >= 15 is 0 Å². The molecular formula is C20H25FN4O3S2. The number of pyridine rings is 1. The van der Waals surface area contributed by atoms with E-state index < -0.39 is 27.4 Å². The average molecular weight is 453 g/mol. The Morgan fingerprint density at radius 3 is 2.73 bits per heavy atom. The molecule has 2 aliphatic carbocycles.